The van der Waals surface area contributed by atoms with Crippen LogP contribution in [-0.4, -0.2) is 31.7 Å². The molecule has 2 rings (SSSR count). The third-order valence-electron chi connectivity index (χ3n) is 2.87. The number of nitrogens with zero attached hydrogens (tertiary/aromatic N) is 1. The molecule has 0 spiro atoms. The predicted molar refractivity (Wildman–Crippen MR) is 96.2 cm³/mol. The van der Waals surface area contributed by atoms with Gasteiger partial charge in [-0.1, -0.05) is 12.1 Å². The summed E-state index contributed by atoms with van der Waals surface area (Å²) in [7, 11) is 3.23. The Hall–Kier alpha value is -1.86. The Kier molecular flexibility index (Phi) is 8.36. The average molecular weight is 353 g/mol. The van der Waals surface area contributed by atoms with Gasteiger partial charge in [-0.3, -0.25) is 10.1 Å². The van der Waals surface area contributed by atoms with E-state index in [9.17, 15) is 10.1 Å². The van der Waals surface area contributed by atoms with Gasteiger partial charge in [0.2, 0.25) is 0 Å². The molecule has 0 radical (unpaired) electrons. The predicted octanol–water partition coefficient (Wildman–Crippen LogP) is 4.74. The molecule has 0 heterocycles. The number of ether oxygens (including phenoxy) is 2. The molecule has 0 N–H and O–H groups in total. The van der Waals surface area contributed by atoms with E-state index < -0.39 is 4.92 Å². The highest BCUT2D eigenvalue weighted by Crippen LogP contribution is 2.30. The van der Waals surface area contributed by atoms with Gasteiger partial charge in [-0.05, 0) is 30.7 Å². The van der Waals surface area contributed by atoms with Crippen molar-refractivity contribution in [1.82, 2.24) is 0 Å². The van der Waals surface area contributed by atoms with Gasteiger partial charge in [0.1, 0.15) is 11.5 Å². The van der Waals surface area contributed by atoms with Gasteiger partial charge in [-0.15, -0.1) is 23.5 Å². The summed E-state index contributed by atoms with van der Waals surface area (Å²) < 4.78 is 10.1. The third-order valence-corrected chi connectivity index (χ3v) is 4.40. The first-order valence-corrected chi connectivity index (χ1v) is 9.05. The van der Waals surface area contributed by atoms with E-state index in [0.29, 0.717) is 5.75 Å². The maximum absolute atomic E-state index is 10.4. The van der Waals surface area contributed by atoms with Gasteiger partial charge in [-0.25, -0.2) is 0 Å². The van der Waals surface area contributed by atoms with Gasteiger partial charge in [0, 0.05) is 17.0 Å². The summed E-state index contributed by atoms with van der Waals surface area (Å²) in [6.07, 6.45) is 3.89. The highest BCUT2D eigenvalue weighted by atomic mass is 32.2. The van der Waals surface area contributed by atoms with E-state index in [4.69, 9.17) is 9.47 Å². The van der Waals surface area contributed by atoms with Crippen molar-refractivity contribution in [2.45, 2.75) is 9.79 Å². The van der Waals surface area contributed by atoms with Crippen molar-refractivity contribution in [3.63, 3.8) is 0 Å². The number of thioether (sulfide) groups is 2. The number of methoxy groups -OCH3 is 2. The van der Waals surface area contributed by atoms with E-state index in [1.54, 1.807) is 32.0 Å². The van der Waals surface area contributed by atoms with Gasteiger partial charge >= 0.3 is 0 Å². The topological polar surface area (TPSA) is 61.6 Å². The highest BCUT2D eigenvalue weighted by molar-refractivity contribution is 7.99. The summed E-state index contributed by atoms with van der Waals surface area (Å²) in [6.45, 7) is 0. The number of rotatable bonds is 5. The van der Waals surface area contributed by atoms with Crippen molar-refractivity contribution >= 4 is 29.2 Å². The number of non-ortho nitro benzene ring substituents is 1. The van der Waals surface area contributed by atoms with Crippen molar-refractivity contribution in [2.24, 2.45) is 0 Å². The van der Waals surface area contributed by atoms with Crippen LogP contribution in [0.3, 0.4) is 0 Å². The smallest absolute Gasteiger partial charge is 0.270 e. The molecule has 2 aromatic rings. The second-order valence-corrected chi connectivity index (χ2v) is 5.85. The average Bonchev–Trinajstić information content (AvgIpc) is 2.61. The van der Waals surface area contributed by atoms with Crippen molar-refractivity contribution in [1.29, 1.82) is 0 Å². The monoisotopic (exact) mass is 353 g/mol. The molecular formula is C16H19NO4S2. The molecule has 0 amide bonds. The van der Waals surface area contributed by atoms with Crippen LogP contribution in [0.1, 0.15) is 0 Å². The Balaban J connectivity index is 0.000000238. The van der Waals surface area contributed by atoms with Crippen molar-refractivity contribution in [3.05, 3.63) is 52.6 Å². The molecule has 124 valence electrons. The fourth-order valence-electron chi connectivity index (χ4n) is 1.73. The van der Waals surface area contributed by atoms with Crippen LogP contribution in [0, 0.1) is 10.1 Å². The molecule has 0 aliphatic rings. The Labute approximate surface area is 144 Å². The minimum Gasteiger partial charge on any atom is -0.496 e. The first-order chi connectivity index (χ1) is 11.1. The second kappa shape index (κ2) is 10.0. The van der Waals surface area contributed by atoms with Crippen LogP contribution in [-0.2, 0) is 0 Å². The summed E-state index contributed by atoms with van der Waals surface area (Å²) in [5.74, 6) is 1.62. The van der Waals surface area contributed by atoms with Crippen molar-refractivity contribution < 1.29 is 14.4 Å². The fraction of sp³-hybridized carbons (Fsp3) is 0.250. The molecule has 7 heteroatoms. The molecule has 0 fully saturated rings. The first kappa shape index (κ1) is 19.2. The molecule has 0 bridgehead atoms. The van der Waals surface area contributed by atoms with Crippen LogP contribution in [0.5, 0.6) is 11.5 Å². The van der Waals surface area contributed by atoms with Gasteiger partial charge in [0.05, 0.1) is 24.0 Å². The molecule has 0 saturated carbocycles. The number of hydrogen-bond acceptors (Lipinski definition) is 6. The minimum absolute atomic E-state index is 0.0881. The molecule has 23 heavy (non-hydrogen) atoms. The molecule has 5 nitrogen and oxygen atoms in total. The molecule has 0 aliphatic carbocycles. The van der Waals surface area contributed by atoms with Crippen LogP contribution in [0.25, 0.3) is 0 Å². The number of nitro groups is 1. The van der Waals surface area contributed by atoms with Gasteiger partial charge in [0.25, 0.3) is 5.69 Å². The normalized spacial score (nSPS) is 9.57. The van der Waals surface area contributed by atoms with E-state index in [0.717, 1.165) is 10.6 Å². The summed E-state index contributed by atoms with van der Waals surface area (Å²) in [6, 6.07) is 12.5. The number of hydrogen-bond donors (Lipinski definition) is 0. The Morgan fingerprint density at radius 1 is 0.913 bits per heavy atom. The summed E-state index contributed by atoms with van der Waals surface area (Å²) in [5, 5.41) is 10.4. The molecule has 0 unspecified atom stereocenters. The van der Waals surface area contributed by atoms with E-state index in [-0.39, 0.29) is 5.69 Å². The maximum atomic E-state index is 10.4. The third kappa shape index (κ3) is 5.69. The molecule has 0 atom stereocenters. The van der Waals surface area contributed by atoms with E-state index >= 15 is 0 Å². The number of para-hydroxylation sites is 1. The van der Waals surface area contributed by atoms with Crippen LogP contribution in [0.2, 0.25) is 0 Å². The number of benzene rings is 2. The van der Waals surface area contributed by atoms with E-state index in [1.165, 1.54) is 28.8 Å². The molecular weight excluding hydrogens is 334 g/mol. The summed E-state index contributed by atoms with van der Waals surface area (Å²) in [4.78, 5) is 12.0. The zero-order chi connectivity index (χ0) is 17.2. The van der Waals surface area contributed by atoms with Gasteiger partial charge < -0.3 is 9.47 Å². The Bertz CT molecular complexity index is 627. The maximum Gasteiger partial charge on any atom is 0.270 e. The Morgan fingerprint density at radius 2 is 1.48 bits per heavy atom. The largest absolute Gasteiger partial charge is 0.496 e. The van der Waals surface area contributed by atoms with Crippen LogP contribution >= 0.6 is 23.5 Å². The van der Waals surface area contributed by atoms with Crippen molar-refractivity contribution in [3.8, 4) is 11.5 Å². The fourth-order valence-corrected chi connectivity index (χ4v) is 2.88. The molecule has 2 aromatic carbocycles. The zero-order valence-electron chi connectivity index (χ0n) is 13.4. The summed E-state index contributed by atoms with van der Waals surface area (Å²) in [5.41, 5.74) is 0.0881. The van der Waals surface area contributed by atoms with E-state index in [1.807, 2.05) is 36.8 Å². The lowest BCUT2D eigenvalue weighted by molar-refractivity contribution is -0.385. The minimum atomic E-state index is -0.418. The van der Waals surface area contributed by atoms with Crippen LogP contribution < -0.4 is 9.47 Å². The quantitative estimate of drug-likeness (QED) is 0.439. The summed E-state index contributed by atoms with van der Waals surface area (Å²) >= 11 is 3.12. The highest BCUT2D eigenvalue weighted by Gasteiger charge is 2.09. The lowest BCUT2D eigenvalue weighted by Crippen LogP contribution is -1.90. The van der Waals surface area contributed by atoms with Crippen molar-refractivity contribution in [2.75, 3.05) is 26.7 Å². The molecule has 0 aliphatic heterocycles. The zero-order valence-corrected chi connectivity index (χ0v) is 15.1. The van der Waals surface area contributed by atoms with Gasteiger partial charge in [-0.2, -0.15) is 0 Å². The lowest BCUT2D eigenvalue weighted by Gasteiger charge is -2.04. The molecule has 0 aromatic heterocycles. The van der Waals surface area contributed by atoms with Gasteiger partial charge in [0.15, 0.2) is 0 Å². The first-order valence-electron chi connectivity index (χ1n) is 6.60. The lowest BCUT2D eigenvalue weighted by atomic mass is 10.3. The molecule has 0 saturated heterocycles. The second-order valence-electron chi connectivity index (χ2n) is 4.15. The van der Waals surface area contributed by atoms with Crippen LogP contribution in [0.15, 0.2) is 52.3 Å². The van der Waals surface area contributed by atoms with E-state index in [2.05, 4.69) is 0 Å². The van der Waals surface area contributed by atoms with Crippen LogP contribution in [0.4, 0.5) is 5.69 Å². The number of nitro benzene ring substituents is 1. The SMILES string of the molecule is COc1ccc([N+](=O)[O-])cc1SC.COc1ccccc1SC. The Morgan fingerprint density at radius 3 is 1.96 bits per heavy atom. The standard InChI is InChI=1S/C8H9NO3S.C8H10OS/c1-12-7-4-3-6(9(10)11)5-8(7)13-2;1-9-7-5-3-4-6-8(7)10-2/h3-5H,1-2H3;3-6H,1-2H3.